The lowest BCUT2D eigenvalue weighted by Gasteiger charge is -2.22. The highest BCUT2D eigenvalue weighted by Gasteiger charge is 2.47. The molecule has 30 heavy (non-hydrogen) atoms. The van der Waals surface area contributed by atoms with Gasteiger partial charge in [0.1, 0.15) is 16.7 Å². The summed E-state index contributed by atoms with van der Waals surface area (Å²) >= 11 is 2.16. The van der Waals surface area contributed by atoms with Crippen molar-refractivity contribution < 1.29 is 28.6 Å². The Labute approximate surface area is 179 Å². The van der Waals surface area contributed by atoms with Crippen LogP contribution in [0.5, 0.6) is 0 Å². The summed E-state index contributed by atoms with van der Waals surface area (Å²) in [4.78, 5) is 44.4. The number of amides is 1. The summed E-state index contributed by atoms with van der Waals surface area (Å²) in [5.74, 6) is -2.19. The van der Waals surface area contributed by atoms with Crippen LogP contribution in [0.4, 0.5) is 5.13 Å². The van der Waals surface area contributed by atoms with Gasteiger partial charge in [-0.15, -0.1) is 11.3 Å². The van der Waals surface area contributed by atoms with E-state index >= 15 is 0 Å². The van der Waals surface area contributed by atoms with Crippen LogP contribution in [-0.2, 0) is 9.53 Å². The lowest BCUT2D eigenvalue weighted by atomic mass is 10.0. The largest absolute Gasteiger partial charge is 0.503 e. The molecule has 0 saturated carbocycles. The third-order valence-electron chi connectivity index (χ3n) is 4.46. The summed E-state index contributed by atoms with van der Waals surface area (Å²) in [6.07, 6.45) is 1.41. The fraction of sp³-hybridized carbons (Fsp3) is 0.200. The molecular formula is C20H16N2O6S2. The monoisotopic (exact) mass is 444 g/mol. The molecule has 4 rings (SSSR count). The topological polar surface area (TPSA) is 110 Å². The first-order chi connectivity index (χ1) is 14.4. The van der Waals surface area contributed by atoms with Gasteiger partial charge in [-0.2, -0.15) is 0 Å². The fourth-order valence-corrected chi connectivity index (χ4v) is 4.83. The zero-order valence-corrected chi connectivity index (χ0v) is 17.6. The van der Waals surface area contributed by atoms with Gasteiger partial charge in [0.05, 0.1) is 29.0 Å². The molecule has 10 heteroatoms. The zero-order chi connectivity index (χ0) is 21.4. The number of rotatable bonds is 6. The van der Waals surface area contributed by atoms with Crippen molar-refractivity contribution >= 4 is 45.5 Å². The van der Waals surface area contributed by atoms with Crippen LogP contribution in [0.15, 0.2) is 51.7 Å². The van der Waals surface area contributed by atoms with E-state index in [2.05, 4.69) is 4.98 Å². The maximum absolute atomic E-state index is 13.1. The van der Waals surface area contributed by atoms with Gasteiger partial charge in [0.25, 0.3) is 5.91 Å². The maximum atomic E-state index is 13.1. The van der Waals surface area contributed by atoms with Crippen LogP contribution in [0.3, 0.4) is 0 Å². The number of thiophene rings is 1. The molecule has 1 aliphatic rings. The highest BCUT2D eigenvalue weighted by Crippen LogP contribution is 2.44. The SMILES string of the molecule is CCOC(=O)c1sc(N2C(=O)C(O)=C(C(=O)c3cccs3)[C@@H]2c2ccco2)nc1C. The molecular weight excluding hydrogens is 428 g/mol. The maximum Gasteiger partial charge on any atom is 0.350 e. The number of ether oxygens (including phenoxy) is 1. The summed E-state index contributed by atoms with van der Waals surface area (Å²) in [5.41, 5.74) is 0.292. The molecule has 0 spiro atoms. The zero-order valence-electron chi connectivity index (χ0n) is 15.9. The predicted octanol–water partition coefficient (Wildman–Crippen LogP) is 4.07. The Balaban J connectivity index is 1.81. The molecule has 0 bridgehead atoms. The number of nitrogens with zero attached hydrogens (tertiary/aromatic N) is 2. The number of carbonyl (C=O) groups is 3. The van der Waals surface area contributed by atoms with E-state index in [0.29, 0.717) is 10.6 Å². The van der Waals surface area contributed by atoms with Crippen LogP contribution in [0, 0.1) is 6.92 Å². The predicted molar refractivity (Wildman–Crippen MR) is 110 cm³/mol. The molecule has 0 aromatic carbocycles. The number of hydrogen-bond donors (Lipinski definition) is 1. The smallest absolute Gasteiger partial charge is 0.350 e. The Morgan fingerprint density at radius 1 is 1.33 bits per heavy atom. The van der Waals surface area contributed by atoms with E-state index in [-0.39, 0.29) is 27.9 Å². The Kier molecular flexibility index (Phi) is 5.27. The number of aliphatic hydroxyl groups excluding tert-OH is 1. The van der Waals surface area contributed by atoms with E-state index in [1.807, 2.05) is 0 Å². The van der Waals surface area contributed by atoms with Gasteiger partial charge in [-0.3, -0.25) is 14.5 Å². The quantitative estimate of drug-likeness (QED) is 0.451. The van der Waals surface area contributed by atoms with Crippen LogP contribution >= 0.6 is 22.7 Å². The molecule has 154 valence electrons. The van der Waals surface area contributed by atoms with Gasteiger partial charge in [0, 0.05) is 0 Å². The van der Waals surface area contributed by atoms with E-state index in [1.54, 1.807) is 43.5 Å². The molecule has 0 unspecified atom stereocenters. The van der Waals surface area contributed by atoms with Crippen molar-refractivity contribution in [1.82, 2.24) is 4.98 Å². The minimum absolute atomic E-state index is 0.0945. The molecule has 4 heterocycles. The van der Waals surface area contributed by atoms with Gasteiger partial charge in [-0.05, 0) is 37.4 Å². The third-order valence-corrected chi connectivity index (χ3v) is 6.47. The molecule has 1 amide bonds. The number of aromatic nitrogens is 1. The van der Waals surface area contributed by atoms with Crippen molar-refractivity contribution in [2.24, 2.45) is 0 Å². The summed E-state index contributed by atoms with van der Waals surface area (Å²) in [7, 11) is 0. The Hall–Kier alpha value is -3.24. The first kappa shape index (κ1) is 20.0. The van der Waals surface area contributed by atoms with Crippen LogP contribution < -0.4 is 4.90 Å². The molecule has 0 radical (unpaired) electrons. The van der Waals surface area contributed by atoms with Crippen molar-refractivity contribution in [1.29, 1.82) is 0 Å². The normalized spacial score (nSPS) is 16.4. The third kappa shape index (κ3) is 3.23. The molecule has 3 aromatic heterocycles. The summed E-state index contributed by atoms with van der Waals surface area (Å²) in [6.45, 7) is 3.52. The molecule has 1 atom stereocenters. The van der Waals surface area contributed by atoms with E-state index in [0.717, 1.165) is 11.3 Å². The number of Topliss-reactive ketones (excluding diaryl/α,β-unsaturated/α-hetero) is 1. The van der Waals surface area contributed by atoms with Crippen molar-refractivity contribution in [3.05, 3.63) is 68.4 Å². The lowest BCUT2D eigenvalue weighted by molar-refractivity contribution is -0.117. The minimum Gasteiger partial charge on any atom is -0.503 e. The second-order valence-electron chi connectivity index (χ2n) is 6.29. The minimum atomic E-state index is -1.01. The highest BCUT2D eigenvalue weighted by molar-refractivity contribution is 7.17. The number of hydrogen-bond acceptors (Lipinski definition) is 9. The van der Waals surface area contributed by atoms with Gasteiger partial charge in [0.15, 0.2) is 10.9 Å². The van der Waals surface area contributed by atoms with Crippen LogP contribution in [0.2, 0.25) is 0 Å². The lowest BCUT2D eigenvalue weighted by Crippen LogP contribution is -2.30. The fourth-order valence-electron chi connectivity index (χ4n) is 3.16. The second-order valence-corrected chi connectivity index (χ2v) is 8.22. The number of ketones is 1. The van der Waals surface area contributed by atoms with Gasteiger partial charge in [-0.1, -0.05) is 17.4 Å². The average Bonchev–Trinajstić information content (AvgIpc) is 3.50. The van der Waals surface area contributed by atoms with Crippen LogP contribution in [0.25, 0.3) is 0 Å². The van der Waals surface area contributed by atoms with Crippen molar-refractivity contribution in [3.8, 4) is 0 Å². The van der Waals surface area contributed by atoms with Gasteiger partial charge >= 0.3 is 5.97 Å². The van der Waals surface area contributed by atoms with E-state index in [4.69, 9.17) is 9.15 Å². The van der Waals surface area contributed by atoms with Crippen LogP contribution in [-0.4, -0.2) is 34.4 Å². The Bertz CT molecular complexity index is 1140. The van der Waals surface area contributed by atoms with Gasteiger partial charge in [-0.25, -0.2) is 9.78 Å². The molecule has 1 N–H and O–H groups in total. The van der Waals surface area contributed by atoms with E-state index in [1.165, 1.54) is 22.5 Å². The second kappa shape index (κ2) is 7.88. The summed E-state index contributed by atoms with van der Waals surface area (Å²) in [5, 5.41) is 12.5. The first-order valence-electron chi connectivity index (χ1n) is 8.96. The van der Waals surface area contributed by atoms with Crippen LogP contribution in [0.1, 0.15) is 43.8 Å². The summed E-state index contributed by atoms with van der Waals surface area (Å²) < 4.78 is 10.5. The summed E-state index contributed by atoms with van der Waals surface area (Å²) in [6, 6.07) is 5.55. The van der Waals surface area contributed by atoms with Gasteiger partial charge < -0.3 is 14.3 Å². The molecule has 0 saturated heterocycles. The number of carbonyl (C=O) groups excluding carboxylic acids is 3. The molecule has 0 fully saturated rings. The number of anilines is 1. The number of aliphatic hydroxyl groups is 1. The van der Waals surface area contributed by atoms with E-state index < -0.39 is 29.5 Å². The van der Waals surface area contributed by atoms with Crippen molar-refractivity contribution in [2.45, 2.75) is 19.9 Å². The van der Waals surface area contributed by atoms with Crippen molar-refractivity contribution in [2.75, 3.05) is 11.5 Å². The Morgan fingerprint density at radius 2 is 2.13 bits per heavy atom. The molecule has 0 aliphatic carbocycles. The molecule has 8 nitrogen and oxygen atoms in total. The van der Waals surface area contributed by atoms with Gasteiger partial charge in [0.2, 0.25) is 5.78 Å². The molecule has 3 aromatic rings. The Morgan fingerprint density at radius 3 is 2.77 bits per heavy atom. The number of furan rings is 1. The molecule has 1 aliphatic heterocycles. The number of esters is 1. The van der Waals surface area contributed by atoms with E-state index in [9.17, 15) is 19.5 Å². The number of thiazole rings is 1. The highest BCUT2D eigenvalue weighted by atomic mass is 32.1. The first-order valence-corrected chi connectivity index (χ1v) is 10.7. The van der Waals surface area contributed by atoms with Crippen molar-refractivity contribution in [3.63, 3.8) is 0 Å². The average molecular weight is 444 g/mol. The standard InChI is InChI=1S/C20H16N2O6S2/c1-3-27-19(26)17-10(2)21-20(30-17)22-14(11-6-4-8-28-11)13(16(24)18(22)25)15(23)12-7-5-9-29-12/h4-9,14,24H,3H2,1-2H3/t14-/m0/s1. The number of aryl methyl sites for hydroxylation is 1.